The lowest BCUT2D eigenvalue weighted by Crippen LogP contribution is -2.26. The summed E-state index contributed by atoms with van der Waals surface area (Å²) in [6, 6.07) is 0. The molecule has 1 saturated carbocycles. The first-order valence-corrected chi connectivity index (χ1v) is 6.06. The molecule has 0 radical (unpaired) electrons. The molecule has 0 spiro atoms. The second kappa shape index (κ2) is 6.51. The van der Waals surface area contributed by atoms with Gasteiger partial charge in [-0.05, 0) is 24.7 Å². The monoisotopic (exact) mass is 227 g/mol. The average Bonchev–Trinajstić information content (AvgIpc) is 2.94. The van der Waals surface area contributed by atoms with E-state index < -0.39 is 5.97 Å². The quantitative estimate of drug-likeness (QED) is 0.621. The van der Waals surface area contributed by atoms with Crippen molar-refractivity contribution in [2.24, 2.45) is 11.8 Å². The normalized spacial score (nSPS) is 16.8. The summed E-state index contributed by atoms with van der Waals surface area (Å²) in [5.41, 5.74) is 0. The van der Waals surface area contributed by atoms with Crippen molar-refractivity contribution in [2.45, 2.75) is 45.4 Å². The van der Waals surface area contributed by atoms with Crippen LogP contribution in [0.15, 0.2) is 0 Å². The molecule has 0 aromatic carbocycles. The van der Waals surface area contributed by atoms with Crippen LogP contribution in [0.25, 0.3) is 0 Å². The van der Waals surface area contributed by atoms with E-state index >= 15 is 0 Å². The molecule has 4 heteroatoms. The highest BCUT2D eigenvalue weighted by Gasteiger charge is 2.20. The zero-order chi connectivity index (χ0) is 12.0. The van der Waals surface area contributed by atoms with E-state index in [4.69, 9.17) is 5.11 Å². The molecule has 16 heavy (non-hydrogen) atoms. The third-order valence-corrected chi connectivity index (χ3v) is 2.87. The molecule has 1 atom stereocenters. The first-order chi connectivity index (χ1) is 7.58. The highest BCUT2D eigenvalue weighted by Crippen LogP contribution is 2.33. The first kappa shape index (κ1) is 13.0. The largest absolute Gasteiger partial charge is 0.481 e. The van der Waals surface area contributed by atoms with Gasteiger partial charge in [-0.15, -0.1) is 0 Å². The topological polar surface area (TPSA) is 66.4 Å². The van der Waals surface area contributed by atoms with Crippen molar-refractivity contribution in [3.63, 3.8) is 0 Å². The maximum atomic E-state index is 11.4. The molecule has 1 fully saturated rings. The van der Waals surface area contributed by atoms with Crippen LogP contribution in [0.2, 0.25) is 0 Å². The van der Waals surface area contributed by atoms with Gasteiger partial charge in [-0.2, -0.15) is 0 Å². The Morgan fingerprint density at radius 2 is 2.06 bits per heavy atom. The Morgan fingerprint density at radius 3 is 2.62 bits per heavy atom. The van der Waals surface area contributed by atoms with E-state index in [1.807, 2.05) is 0 Å². The molecule has 1 rings (SSSR count). The van der Waals surface area contributed by atoms with Crippen LogP contribution in [0.1, 0.15) is 45.4 Å². The predicted molar refractivity (Wildman–Crippen MR) is 61.0 cm³/mol. The molecule has 0 aromatic rings. The molecular formula is C12H21NO3. The fourth-order valence-corrected chi connectivity index (χ4v) is 1.78. The van der Waals surface area contributed by atoms with E-state index in [-0.39, 0.29) is 18.2 Å². The number of carbonyl (C=O) groups is 2. The standard InChI is InChI=1S/C12H21NO3/c1-9(8-12(15)16)7-11(14)13-6-2-3-10-4-5-10/h9-10H,2-8H2,1H3,(H,13,14)(H,15,16). The van der Waals surface area contributed by atoms with E-state index in [1.165, 1.54) is 19.3 Å². The summed E-state index contributed by atoms with van der Waals surface area (Å²) in [6.07, 6.45) is 5.34. The molecule has 92 valence electrons. The van der Waals surface area contributed by atoms with Crippen LogP contribution in [-0.2, 0) is 9.59 Å². The molecule has 0 aliphatic heterocycles. The Bertz CT molecular complexity index is 249. The lowest BCUT2D eigenvalue weighted by molar-refractivity contribution is -0.138. The molecule has 0 bridgehead atoms. The van der Waals surface area contributed by atoms with Gasteiger partial charge in [0.1, 0.15) is 0 Å². The minimum atomic E-state index is -0.839. The van der Waals surface area contributed by atoms with E-state index in [0.717, 1.165) is 18.9 Å². The number of hydrogen-bond acceptors (Lipinski definition) is 2. The lowest BCUT2D eigenvalue weighted by atomic mass is 10.0. The molecule has 0 saturated heterocycles. The number of carbonyl (C=O) groups excluding carboxylic acids is 1. The van der Waals surface area contributed by atoms with E-state index in [0.29, 0.717) is 6.42 Å². The van der Waals surface area contributed by atoms with Crippen molar-refractivity contribution in [3.8, 4) is 0 Å². The molecule has 1 unspecified atom stereocenters. The molecule has 0 aromatic heterocycles. The zero-order valence-corrected chi connectivity index (χ0v) is 9.87. The summed E-state index contributed by atoms with van der Waals surface area (Å²) >= 11 is 0. The summed E-state index contributed by atoms with van der Waals surface area (Å²) in [5.74, 6) is -0.0395. The number of carboxylic acids is 1. The zero-order valence-electron chi connectivity index (χ0n) is 9.87. The first-order valence-electron chi connectivity index (χ1n) is 6.06. The van der Waals surface area contributed by atoms with Gasteiger partial charge < -0.3 is 10.4 Å². The number of nitrogens with one attached hydrogen (secondary N) is 1. The summed E-state index contributed by atoms with van der Waals surface area (Å²) in [5, 5.41) is 11.4. The van der Waals surface area contributed by atoms with E-state index in [2.05, 4.69) is 5.32 Å². The van der Waals surface area contributed by atoms with Gasteiger partial charge in [0.15, 0.2) is 0 Å². The third kappa shape index (κ3) is 6.43. The lowest BCUT2D eigenvalue weighted by Gasteiger charge is -2.09. The summed E-state index contributed by atoms with van der Waals surface area (Å²) in [7, 11) is 0. The van der Waals surface area contributed by atoms with Crippen molar-refractivity contribution in [3.05, 3.63) is 0 Å². The molecular weight excluding hydrogens is 206 g/mol. The van der Waals surface area contributed by atoms with Crippen molar-refractivity contribution >= 4 is 11.9 Å². The highest BCUT2D eigenvalue weighted by atomic mass is 16.4. The Hall–Kier alpha value is -1.06. The van der Waals surface area contributed by atoms with Gasteiger partial charge in [-0.25, -0.2) is 0 Å². The van der Waals surface area contributed by atoms with Gasteiger partial charge in [0.2, 0.25) is 5.91 Å². The minimum absolute atomic E-state index is 0.0236. The Labute approximate surface area is 96.4 Å². The second-order valence-corrected chi connectivity index (χ2v) is 4.84. The van der Waals surface area contributed by atoms with Crippen molar-refractivity contribution in [1.29, 1.82) is 0 Å². The summed E-state index contributed by atoms with van der Waals surface area (Å²) in [6.45, 7) is 2.52. The second-order valence-electron chi connectivity index (χ2n) is 4.84. The maximum absolute atomic E-state index is 11.4. The SMILES string of the molecule is CC(CC(=O)O)CC(=O)NCCCC1CC1. The van der Waals surface area contributed by atoms with E-state index in [9.17, 15) is 9.59 Å². The van der Waals surface area contributed by atoms with Crippen LogP contribution in [-0.4, -0.2) is 23.5 Å². The molecule has 1 aliphatic carbocycles. The Balaban J connectivity index is 1.98. The van der Waals surface area contributed by atoms with Crippen molar-refractivity contribution in [1.82, 2.24) is 5.32 Å². The van der Waals surface area contributed by atoms with Crippen LogP contribution >= 0.6 is 0 Å². The van der Waals surface area contributed by atoms with Crippen LogP contribution in [0.3, 0.4) is 0 Å². The summed E-state index contributed by atoms with van der Waals surface area (Å²) < 4.78 is 0. The average molecular weight is 227 g/mol. The molecule has 4 nitrogen and oxygen atoms in total. The Morgan fingerprint density at radius 1 is 1.38 bits per heavy atom. The van der Waals surface area contributed by atoms with Crippen LogP contribution in [0.5, 0.6) is 0 Å². The summed E-state index contributed by atoms with van der Waals surface area (Å²) in [4.78, 5) is 21.8. The van der Waals surface area contributed by atoms with Crippen molar-refractivity contribution in [2.75, 3.05) is 6.54 Å². The Kier molecular flexibility index (Phi) is 5.29. The van der Waals surface area contributed by atoms with Gasteiger partial charge in [-0.3, -0.25) is 9.59 Å². The van der Waals surface area contributed by atoms with E-state index in [1.54, 1.807) is 6.92 Å². The number of amides is 1. The van der Waals surface area contributed by atoms with Gasteiger partial charge in [0, 0.05) is 19.4 Å². The number of carboxylic acid groups (broad SMARTS) is 1. The minimum Gasteiger partial charge on any atom is -0.481 e. The fourth-order valence-electron chi connectivity index (χ4n) is 1.78. The van der Waals surface area contributed by atoms with Crippen molar-refractivity contribution < 1.29 is 14.7 Å². The fraction of sp³-hybridized carbons (Fsp3) is 0.833. The molecule has 1 aliphatic rings. The predicted octanol–water partition coefficient (Wildman–Crippen LogP) is 1.79. The molecule has 2 N–H and O–H groups in total. The maximum Gasteiger partial charge on any atom is 0.303 e. The number of hydrogen-bond donors (Lipinski definition) is 2. The number of rotatable bonds is 8. The van der Waals surface area contributed by atoms with Crippen LogP contribution < -0.4 is 5.32 Å². The highest BCUT2D eigenvalue weighted by molar-refractivity contribution is 5.77. The van der Waals surface area contributed by atoms with Gasteiger partial charge in [-0.1, -0.05) is 19.8 Å². The molecule has 1 amide bonds. The number of aliphatic carboxylic acids is 1. The molecule has 0 heterocycles. The van der Waals surface area contributed by atoms with Crippen LogP contribution in [0.4, 0.5) is 0 Å². The van der Waals surface area contributed by atoms with Gasteiger partial charge in [0.25, 0.3) is 0 Å². The third-order valence-electron chi connectivity index (χ3n) is 2.87. The van der Waals surface area contributed by atoms with Crippen LogP contribution in [0, 0.1) is 11.8 Å². The van der Waals surface area contributed by atoms with Gasteiger partial charge in [0.05, 0.1) is 0 Å². The van der Waals surface area contributed by atoms with Gasteiger partial charge >= 0.3 is 5.97 Å². The smallest absolute Gasteiger partial charge is 0.303 e.